The number of nitro benzene ring substituents is 1. The molecule has 3 aromatic rings. The molecule has 0 bridgehead atoms. The molecule has 2 N–H and O–H groups in total. The highest BCUT2D eigenvalue weighted by molar-refractivity contribution is 5.97. The molecule has 9 heteroatoms. The second-order valence-electron chi connectivity index (χ2n) is 7.37. The summed E-state index contributed by atoms with van der Waals surface area (Å²) in [7, 11) is 0. The maximum Gasteiger partial charge on any atom is 0.295 e. The maximum absolute atomic E-state index is 12.6. The van der Waals surface area contributed by atoms with Crippen LogP contribution in [0.15, 0.2) is 48.5 Å². The number of fused-ring (bicyclic) bond motifs is 1. The van der Waals surface area contributed by atoms with Gasteiger partial charge in [-0.3, -0.25) is 19.7 Å². The number of rotatable bonds is 5. The van der Waals surface area contributed by atoms with Gasteiger partial charge in [-0.25, -0.2) is 4.98 Å². The lowest BCUT2D eigenvalue weighted by Gasteiger charge is -2.26. The van der Waals surface area contributed by atoms with E-state index in [1.807, 2.05) is 18.2 Å². The predicted octanol–water partition coefficient (Wildman–Crippen LogP) is 2.64. The molecular weight excluding hydrogens is 398 g/mol. The van der Waals surface area contributed by atoms with Gasteiger partial charge in [0.25, 0.3) is 11.6 Å². The number of pyridine rings is 1. The predicted molar refractivity (Wildman–Crippen MR) is 116 cm³/mol. The van der Waals surface area contributed by atoms with E-state index in [9.17, 15) is 19.7 Å². The summed E-state index contributed by atoms with van der Waals surface area (Å²) in [5.74, 6) is -0.321. The third kappa shape index (κ3) is 4.30. The van der Waals surface area contributed by atoms with Gasteiger partial charge in [-0.1, -0.05) is 24.3 Å². The van der Waals surface area contributed by atoms with Gasteiger partial charge in [0.1, 0.15) is 0 Å². The van der Waals surface area contributed by atoms with Gasteiger partial charge in [-0.2, -0.15) is 0 Å². The molecule has 2 aromatic carbocycles. The number of amides is 2. The number of piperazine rings is 1. The molecule has 1 aromatic heterocycles. The molecular formula is C22H21N5O4. The Morgan fingerprint density at radius 2 is 2.03 bits per heavy atom. The number of hydrogen-bond donors (Lipinski definition) is 2. The minimum absolute atomic E-state index is 0.0292. The second-order valence-corrected chi connectivity index (χ2v) is 7.37. The number of benzene rings is 2. The van der Waals surface area contributed by atoms with Crippen molar-refractivity contribution in [2.75, 3.05) is 25.0 Å². The Hall–Kier alpha value is -4.01. The Morgan fingerprint density at radius 1 is 1.26 bits per heavy atom. The second kappa shape index (κ2) is 8.39. The fourth-order valence-corrected chi connectivity index (χ4v) is 3.61. The van der Waals surface area contributed by atoms with Crippen LogP contribution in [0.4, 0.5) is 11.4 Å². The molecule has 1 saturated heterocycles. The first-order valence-electron chi connectivity index (χ1n) is 9.86. The number of carbonyl (C=O) groups is 2. The van der Waals surface area contributed by atoms with E-state index in [4.69, 9.17) is 0 Å². The van der Waals surface area contributed by atoms with Crippen molar-refractivity contribution in [3.8, 4) is 0 Å². The van der Waals surface area contributed by atoms with Gasteiger partial charge in [0.15, 0.2) is 5.52 Å². The Balaban J connectivity index is 1.50. The van der Waals surface area contributed by atoms with Crippen LogP contribution in [0.25, 0.3) is 10.9 Å². The van der Waals surface area contributed by atoms with Crippen molar-refractivity contribution in [3.63, 3.8) is 0 Å². The van der Waals surface area contributed by atoms with Crippen LogP contribution in [-0.2, 0) is 11.3 Å². The summed E-state index contributed by atoms with van der Waals surface area (Å²) in [6, 6.07) is 13.9. The van der Waals surface area contributed by atoms with E-state index in [1.54, 1.807) is 31.2 Å². The number of aryl methyl sites for hydroxylation is 1. The van der Waals surface area contributed by atoms with Gasteiger partial charge in [-0.05, 0) is 30.7 Å². The van der Waals surface area contributed by atoms with Crippen molar-refractivity contribution in [2.45, 2.75) is 13.5 Å². The summed E-state index contributed by atoms with van der Waals surface area (Å²) in [6.07, 6.45) is 0. The highest BCUT2D eigenvalue weighted by atomic mass is 16.6. The van der Waals surface area contributed by atoms with Crippen molar-refractivity contribution in [3.05, 3.63) is 75.5 Å². The van der Waals surface area contributed by atoms with Crippen LogP contribution in [0, 0.1) is 17.0 Å². The molecule has 0 spiro atoms. The lowest BCUT2D eigenvalue weighted by Crippen LogP contribution is -2.49. The first kappa shape index (κ1) is 20.3. The summed E-state index contributed by atoms with van der Waals surface area (Å²) in [5.41, 5.74) is 3.22. The zero-order valence-corrected chi connectivity index (χ0v) is 16.9. The normalized spacial score (nSPS) is 13.7. The van der Waals surface area contributed by atoms with Gasteiger partial charge >= 0.3 is 0 Å². The maximum atomic E-state index is 12.6. The van der Waals surface area contributed by atoms with Crippen LogP contribution in [-0.4, -0.2) is 46.3 Å². The molecule has 31 heavy (non-hydrogen) atoms. The van der Waals surface area contributed by atoms with E-state index >= 15 is 0 Å². The van der Waals surface area contributed by atoms with Crippen LogP contribution in [0.2, 0.25) is 0 Å². The molecule has 9 nitrogen and oxygen atoms in total. The molecule has 0 aliphatic carbocycles. The van der Waals surface area contributed by atoms with Crippen molar-refractivity contribution in [1.29, 1.82) is 0 Å². The average Bonchev–Trinajstić information content (AvgIpc) is 2.76. The van der Waals surface area contributed by atoms with Crippen LogP contribution in [0.3, 0.4) is 0 Å². The average molecular weight is 419 g/mol. The van der Waals surface area contributed by atoms with Gasteiger partial charge < -0.3 is 15.5 Å². The van der Waals surface area contributed by atoms with Gasteiger partial charge in [0.05, 0.1) is 11.5 Å². The Morgan fingerprint density at radius 3 is 2.74 bits per heavy atom. The van der Waals surface area contributed by atoms with Crippen molar-refractivity contribution >= 4 is 34.1 Å². The molecule has 1 fully saturated rings. The van der Waals surface area contributed by atoms with Crippen LogP contribution >= 0.6 is 0 Å². The molecule has 158 valence electrons. The van der Waals surface area contributed by atoms with Crippen LogP contribution in [0.5, 0.6) is 0 Å². The monoisotopic (exact) mass is 419 g/mol. The molecule has 2 heterocycles. The Labute approximate surface area is 178 Å². The topological polar surface area (TPSA) is 117 Å². The number of hydrogen-bond acceptors (Lipinski definition) is 6. The van der Waals surface area contributed by atoms with Crippen LogP contribution in [0.1, 0.15) is 21.6 Å². The number of non-ortho nitro benzene ring substituents is 1. The summed E-state index contributed by atoms with van der Waals surface area (Å²) < 4.78 is 0. The summed E-state index contributed by atoms with van der Waals surface area (Å²) in [5, 5.41) is 18.0. The fourth-order valence-electron chi connectivity index (χ4n) is 3.61. The minimum atomic E-state index is -0.430. The summed E-state index contributed by atoms with van der Waals surface area (Å²) in [4.78, 5) is 40.9. The van der Waals surface area contributed by atoms with Gasteiger partial charge in [0.2, 0.25) is 5.91 Å². The van der Waals surface area contributed by atoms with E-state index in [2.05, 4.69) is 15.6 Å². The molecule has 1 aliphatic rings. The van der Waals surface area contributed by atoms with Crippen molar-refractivity contribution < 1.29 is 14.5 Å². The number of nitrogens with one attached hydrogen (secondary N) is 2. The van der Waals surface area contributed by atoms with E-state index in [0.717, 1.165) is 11.3 Å². The number of para-hydroxylation sites is 1. The molecule has 0 atom stereocenters. The zero-order chi connectivity index (χ0) is 22.0. The molecule has 4 rings (SSSR count). The molecule has 0 saturated carbocycles. The lowest BCUT2D eigenvalue weighted by atomic mass is 10.1. The highest BCUT2D eigenvalue weighted by Gasteiger charge is 2.22. The largest absolute Gasteiger partial charge is 0.380 e. The zero-order valence-electron chi connectivity index (χ0n) is 16.9. The molecule has 0 radical (unpaired) electrons. The Bertz CT molecular complexity index is 1180. The first-order chi connectivity index (χ1) is 14.9. The number of nitrogens with zero attached hydrogens (tertiary/aromatic N) is 3. The highest BCUT2D eigenvalue weighted by Crippen LogP contribution is 2.30. The fraction of sp³-hybridized carbons (Fsp3) is 0.227. The smallest absolute Gasteiger partial charge is 0.295 e. The molecule has 1 aliphatic heterocycles. The van der Waals surface area contributed by atoms with Gasteiger partial charge in [0, 0.05) is 48.0 Å². The lowest BCUT2D eigenvalue weighted by molar-refractivity contribution is -0.383. The number of aromatic nitrogens is 1. The summed E-state index contributed by atoms with van der Waals surface area (Å²) >= 11 is 0. The van der Waals surface area contributed by atoms with Crippen LogP contribution < -0.4 is 10.6 Å². The SMILES string of the molecule is Cc1cc(NCc2ccc(C(=O)N3CCNC(=O)C3)cc2)c2cccc([N+](=O)[O-])c2n1. The number of nitro groups is 1. The third-order valence-electron chi connectivity index (χ3n) is 5.15. The minimum Gasteiger partial charge on any atom is -0.380 e. The van der Waals surface area contributed by atoms with E-state index in [-0.39, 0.29) is 24.0 Å². The standard InChI is InChI=1S/C22H21N5O4/c1-14-11-18(17-3-2-4-19(27(30)31)21(17)25-14)24-12-15-5-7-16(8-6-15)22(29)26-10-9-23-20(28)13-26/h2-8,11H,9-10,12-13H2,1H3,(H,23,28)(H,24,25). The molecule has 2 amide bonds. The Kier molecular flexibility index (Phi) is 5.48. The summed E-state index contributed by atoms with van der Waals surface area (Å²) in [6.45, 7) is 3.30. The molecule has 0 unspecified atom stereocenters. The third-order valence-corrected chi connectivity index (χ3v) is 5.15. The first-order valence-corrected chi connectivity index (χ1v) is 9.86. The quantitative estimate of drug-likeness (QED) is 0.485. The number of anilines is 1. The van der Waals surface area contributed by atoms with Crippen molar-refractivity contribution in [1.82, 2.24) is 15.2 Å². The van der Waals surface area contributed by atoms with E-state index in [0.29, 0.717) is 41.8 Å². The van der Waals surface area contributed by atoms with E-state index < -0.39 is 4.92 Å². The number of carbonyl (C=O) groups excluding carboxylic acids is 2. The van der Waals surface area contributed by atoms with Crippen molar-refractivity contribution in [2.24, 2.45) is 0 Å². The van der Waals surface area contributed by atoms with Gasteiger partial charge in [-0.15, -0.1) is 0 Å². The van der Waals surface area contributed by atoms with E-state index in [1.165, 1.54) is 11.0 Å².